The molecule has 0 atom stereocenters. The minimum absolute atomic E-state index is 0.462. The summed E-state index contributed by atoms with van der Waals surface area (Å²) in [4.78, 5) is 0. The Labute approximate surface area is 131 Å². The molecular weight excluding hydrogens is 340 g/mol. The highest BCUT2D eigenvalue weighted by Gasteiger charge is 2.06. The Balaban J connectivity index is 2.10. The lowest BCUT2D eigenvalue weighted by atomic mass is 10.2. The zero-order valence-corrected chi connectivity index (χ0v) is 13.2. The first-order valence-electron chi connectivity index (χ1n) is 6.70. The Morgan fingerprint density at radius 3 is 2.62 bits per heavy atom. The number of hydrogen-bond acceptors (Lipinski definition) is 2. The minimum atomic E-state index is -0.864. The molecule has 0 radical (unpaired) electrons. The molecule has 0 fully saturated rings. The van der Waals surface area contributed by atoms with Gasteiger partial charge in [-0.2, -0.15) is 0 Å². The van der Waals surface area contributed by atoms with Crippen molar-refractivity contribution in [3.63, 3.8) is 0 Å². The normalized spacial score (nSPS) is 10.5. The smallest absolute Gasteiger partial charge is 0.160 e. The first kappa shape index (κ1) is 15.8. The molecule has 2 aromatic carbocycles. The fourth-order valence-corrected chi connectivity index (χ4v) is 2.25. The van der Waals surface area contributed by atoms with Crippen molar-refractivity contribution in [2.24, 2.45) is 0 Å². The topological polar surface area (TPSA) is 21.3 Å². The van der Waals surface area contributed by atoms with Crippen molar-refractivity contribution in [3.8, 4) is 5.75 Å². The van der Waals surface area contributed by atoms with Crippen molar-refractivity contribution in [2.45, 2.75) is 19.9 Å². The molecule has 0 aliphatic heterocycles. The first-order chi connectivity index (χ1) is 10.1. The third-order valence-electron chi connectivity index (χ3n) is 2.89. The Hall–Kier alpha value is -1.62. The standard InChI is InChI=1S/C16H16BrF2NO/c1-2-7-21-16-6-3-12(17)8-11(16)10-20-13-4-5-14(18)15(19)9-13/h3-6,8-9,20H,2,7,10H2,1H3. The largest absolute Gasteiger partial charge is 0.493 e. The van der Waals surface area contributed by atoms with Crippen LogP contribution in [0.1, 0.15) is 18.9 Å². The molecule has 0 saturated carbocycles. The zero-order chi connectivity index (χ0) is 15.2. The monoisotopic (exact) mass is 355 g/mol. The molecule has 112 valence electrons. The molecule has 0 amide bonds. The van der Waals surface area contributed by atoms with Crippen LogP contribution in [0.15, 0.2) is 40.9 Å². The molecule has 0 bridgehead atoms. The van der Waals surface area contributed by atoms with Crippen LogP contribution < -0.4 is 10.1 Å². The van der Waals surface area contributed by atoms with E-state index in [1.165, 1.54) is 6.07 Å². The molecule has 5 heteroatoms. The summed E-state index contributed by atoms with van der Waals surface area (Å²) < 4.78 is 32.7. The highest BCUT2D eigenvalue weighted by molar-refractivity contribution is 9.10. The van der Waals surface area contributed by atoms with Gasteiger partial charge in [0.05, 0.1) is 6.61 Å². The van der Waals surface area contributed by atoms with Gasteiger partial charge in [-0.3, -0.25) is 0 Å². The number of halogens is 3. The summed E-state index contributed by atoms with van der Waals surface area (Å²) in [7, 11) is 0. The molecule has 0 unspecified atom stereocenters. The number of ether oxygens (including phenoxy) is 1. The molecule has 21 heavy (non-hydrogen) atoms. The van der Waals surface area contributed by atoms with E-state index in [9.17, 15) is 8.78 Å². The van der Waals surface area contributed by atoms with Crippen LogP contribution in [0.5, 0.6) is 5.75 Å². The summed E-state index contributed by atoms with van der Waals surface area (Å²) in [6.07, 6.45) is 0.923. The summed E-state index contributed by atoms with van der Waals surface area (Å²) in [5.74, 6) is -0.929. The van der Waals surface area contributed by atoms with E-state index in [1.54, 1.807) is 0 Å². The van der Waals surface area contributed by atoms with E-state index in [0.717, 1.165) is 34.3 Å². The molecule has 2 nitrogen and oxygen atoms in total. The molecule has 2 rings (SSSR count). The van der Waals surface area contributed by atoms with Gasteiger partial charge in [-0.1, -0.05) is 22.9 Å². The van der Waals surface area contributed by atoms with Crippen LogP contribution in [-0.2, 0) is 6.54 Å². The van der Waals surface area contributed by atoms with Crippen LogP contribution in [0.3, 0.4) is 0 Å². The van der Waals surface area contributed by atoms with Crippen LogP contribution in [0.4, 0.5) is 14.5 Å². The SMILES string of the molecule is CCCOc1ccc(Br)cc1CNc1ccc(F)c(F)c1. The van der Waals surface area contributed by atoms with Gasteiger partial charge in [-0.05, 0) is 36.8 Å². The van der Waals surface area contributed by atoms with E-state index in [4.69, 9.17) is 4.74 Å². The number of hydrogen-bond donors (Lipinski definition) is 1. The molecular formula is C16H16BrF2NO. The van der Waals surface area contributed by atoms with Gasteiger partial charge >= 0.3 is 0 Å². The summed E-state index contributed by atoms with van der Waals surface area (Å²) in [5, 5.41) is 3.07. The quantitative estimate of drug-likeness (QED) is 0.775. The molecule has 0 aliphatic rings. The van der Waals surface area contributed by atoms with Crippen molar-refractivity contribution >= 4 is 21.6 Å². The molecule has 0 heterocycles. The highest BCUT2D eigenvalue weighted by Crippen LogP contribution is 2.25. The summed E-state index contributed by atoms with van der Waals surface area (Å²) in [6, 6.07) is 9.49. The lowest BCUT2D eigenvalue weighted by Gasteiger charge is -2.13. The Bertz CT molecular complexity index is 619. The minimum Gasteiger partial charge on any atom is -0.493 e. The maximum atomic E-state index is 13.2. The van der Waals surface area contributed by atoms with E-state index in [-0.39, 0.29) is 0 Å². The maximum absolute atomic E-state index is 13.2. The average Bonchev–Trinajstić information content (AvgIpc) is 2.47. The zero-order valence-electron chi connectivity index (χ0n) is 11.6. The lowest BCUT2D eigenvalue weighted by molar-refractivity contribution is 0.314. The molecule has 0 aliphatic carbocycles. The van der Waals surface area contributed by atoms with Gasteiger partial charge in [0.25, 0.3) is 0 Å². The van der Waals surface area contributed by atoms with E-state index in [1.807, 2.05) is 25.1 Å². The van der Waals surface area contributed by atoms with E-state index in [0.29, 0.717) is 18.8 Å². The second-order valence-corrected chi connectivity index (χ2v) is 5.50. The fourth-order valence-electron chi connectivity index (χ4n) is 1.84. The summed E-state index contributed by atoms with van der Waals surface area (Å²) in [6.45, 7) is 3.14. The Morgan fingerprint density at radius 1 is 1.10 bits per heavy atom. The van der Waals surface area contributed by atoms with Gasteiger partial charge in [0, 0.05) is 28.3 Å². The Morgan fingerprint density at radius 2 is 1.90 bits per heavy atom. The van der Waals surface area contributed by atoms with Gasteiger partial charge in [0.15, 0.2) is 11.6 Å². The summed E-state index contributed by atoms with van der Waals surface area (Å²) >= 11 is 3.42. The van der Waals surface area contributed by atoms with E-state index >= 15 is 0 Å². The predicted octanol–water partition coefficient (Wildman–Crippen LogP) is 5.13. The number of rotatable bonds is 6. The van der Waals surface area contributed by atoms with Gasteiger partial charge in [-0.25, -0.2) is 8.78 Å². The second kappa shape index (κ2) is 7.41. The second-order valence-electron chi connectivity index (χ2n) is 4.58. The fraction of sp³-hybridized carbons (Fsp3) is 0.250. The van der Waals surface area contributed by atoms with Crippen LogP contribution in [-0.4, -0.2) is 6.61 Å². The van der Waals surface area contributed by atoms with E-state index in [2.05, 4.69) is 21.2 Å². The third-order valence-corrected chi connectivity index (χ3v) is 3.38. The van der Waals surface area contributed by atoms with Crippen molar-refractivity contribution in [2.75, 3.05) is 11.9 Å². The van der Waals surface area contributed by atoms with Gasteiger partial charge < -0.3 is 10.1 Å². The highest BCUT2D eigenvalue weighted by atomic mass is 79.9. The number of nitrogens with one attached hydrogen (secondary N) is 1. The van der Waals surface area contributed by atoms with Crippen LogP contribution in [0.2, 0.25) is 0 Å². The van der Waals surface area contributed by atoms with Crippen LogP contribution in [0, 0.1) is 11.6 Å². The lowest BCUT2D eigenvalue weighted by Crippen LogP contribution is -2.04. The van der Waals surface area contributed by atoms with Crippen molar-refractivity contribution in [1.82, 2.24) is 0 Å². The van der Waals surface area contributed by atoms with Gasteiger partial charge in [0.1, 0.15) is 5.75 Å². The number of benzene rings is 2. The Kier molecular flexibility index (Phi) is 5.56. The molecule has 0 spiro atoms. The molecule has 2 aromatic rings. The predicted molar refractivity (Wildman–Crippen MR) is 83.6 cm³/mol. The van der Waals surface area contributed by atoms with Gasteiger partial charge in [-0.15, -0.1) is 0 Å². The first-order valence-corrected chi connectivity index (χ1v) is 7.49. The third kappa shape index (κ3) is 4.43. The number of anilines is 1. The molecule has 1 N–H and O–H groups in total. The van der Waals surface area contributed by atoms with Crippen molar-refractivity contribution in [1.29, 1.82) is 0 Å². The molecule has 0 aromatic heterocycles. The summed E-state index contributed by atoms with van der Waals surface area (Å²) in [5.41, 5.74) is 1.47. The van der Waals surface area contributed by atoms with Crippen molar-refractivity contribution in [3.05, 3.63) is 58.1 Å². The molecule has 0 saturated heterocycles. The van der Waals surface area contributed by atoms with Crippen molar-refractivity contribution < 1.29 is 13.5 Å². The van der Waals surface area contributed by atoms with Crippen LogP contribution in [0.25, 0.3) is 0 Å². The van der Waals surface area contributed by atoms with Crippen LogP contribution >= 0.6 is 15.9 Å². The maximum Gasteiger partial charge on any atom is 0.160 e. The average molecular weight is 356 g/mol. The van der Waals surface area contributed by atoms with E-state index < -0.39 is 11.6 Å². The van der Waals surface area contributed by atoms with Gasteiger partial charge in [0.2, 0.25) is 0 Å².